The van der Waals surface area contributed by atoms with Gasteiger partial charge in [-0.1, -0.05) is 18.3 Å². The summed E-state index contributed by atoms with van der Waals surface area (Å²) in [4.78, 5) is 27.4. The molecule has 0 aliphatic rings. The highest BCUT2D eigenvalue weighted by molar-refractivity contribution is 7.80. The minimum Gasteiger partial charge on any atom is -0.393 e. The molecule has 1 unspecified atom stereocenters. The Labute approximate surface area is 105 Å². The zero-order chi connectivity index (χ0) is 13.0. The molecular weight excluding hydrogens is 238 g/mol. The fourth-order valence-corrected chi connectivity index (χ4v) is 1.63. The summed E-state index contributed by atoms with van der Waals surface area (Å²) in [5.41, 5.74) is 5.39. The Morgan fingerprint density at radius 3 is 2.76 bits per heavy atom. The average Bonchev–Trinajstić information content (AvgIpc) is 2.26. The lowest BCUT2D eigenvalue weighted by Gasteiger charge is -2.24. The van der Waals surface area contributed by atoms with Crippen LogP contribution in [0.4, 0.5) is 0 Å². The summed E-state index contributed by atoms with van der Waals surface area (Å²) >= 11 is 4.80. The van der Waals surface area contributed by atoms with E-state index in [4.69, 9.17) is 18.0 Å². The topological polar surface area (TPSA) is 79.2 Å². The Kier molecular flexibility index (Phi) is 4.39. The van der Waals surface area contributed by atoms with E-state index in [1.54, 1.807) is 13.1 Å². The van der Waals surface area contributed by atoms with Crippen LogP contribution in [0.3, 0.4) is 0 Å². The van der Waals surface area contributed by atoms with Crippen molar-refractivity contribution in [2.45, 2.75) is 19.4 Å². The van der Waals surface area contributed by atoms with E-state index in [2.05, 4.69) is 4.98 Å². The van der Waals surface area contributed by atoms with Crippen molar-refractivity contribution < 1.29 is 4.79 Å². The monoisotopic (exact) mass is 253 g/mol. The largest absolute Gasteiger partial charge is 0.393 e. The first-order valence-electron chi connectivity index (χ1n) is 5.16. The second-order valence-electron chi connectivity index (χ2n) is 3.86. The number of hydrogen-bond acceptors (Lipinski definition) is 3. The second-order valence-corrected chi connectivity index (χ2v) is 4.39. The molecule has 0 aliphatic carbocycles. The molecule has 0 bridgehead atoms. The summed E-state index contributed by atoms with van der Waals surface area (Å²) in [6.07, 6.45) is 0.453. The van der Waals surface area contributed by atoms with Crippen molar-refractivity contribution in [1.29, 1.82) is 0 Å². The molecular formula is C11H15N3O2S. The Balaban J connectivity index is 2.83. The van der Waals surface area contributed by atoms with Crippen LogP contribution in [0.1, 0.15) is 23.8 Å². The number of thiocarbonyl (C=S) groups is 1. The van der Waals surface area contributed by atoms with Gasteiger partial charge in [0.15, 0.2) is 0 Å². The number of hydrogen-bond donors (Lipinski definition) is 2. The van der Waals surface area contributed by atoms with Gasteiger partial charge >= 0.3 is 0 Å². The van der Waals surface area contributed by atoms with Crippen molar-refractivity contribution in [1.82, 2.24) is 9.88 Å². The quantitative estimate of drug-likeness (QED) is 0.766. The fraction of sp³-hybridized carbons (Fsp3) is 0.364. The van der Waals surface area contributed by atoms with Gasteiger partial charge in [-0.2, -0.15) is 0 Å². The summed E-state index contributed by atoms with van der Waals surface area (Å²) in [5, 5.41) is 0. The fourth-order valence-electron chi connectivity index (χ4n) is 1.39. The van der Waals surface area contributed by atoms with E-state index in [1.807, 2.05) is 6.92 Å². The highest BCUT2D eigenvalue weighted by atomic mass is 32.1. The van der Waals surface area contributed by atoms with E-state index in [0.717, 1.165) is 0 Å². The van der Waals surface area contributed by atoms with Gasteiger partial charge in [-0.25, -0.2) is 0 Å². The lowest BCUT2D eigenvalue weighted by molar-refractivity contribution is 0.0742. The van der Waals surface area contributed by atoms with Gasteiger partial charge in [0.05, 0.1) is 4.99 Å². The van der Waals surface area contributed by atoms with E-state index in [9.17, 15) is 9.59 Å². The molecule has 17 heavy (non-hydrogen) atoms. The van der Waals surface area contributed by atoms with Gasteiger partial charge < -0.3 is 15.6 Å². The summed E-state index contributed by atoms with van der Waals surface area (Å²) < 4.78 is 0. The zero-order valence-corrected chi connectivity index (χ0v) is 10.6. The number of aromatic nitrogens is 1. The van der Waals surface area contributed by atoms with Gasteiger partial charge in [0, 0.05) is 25.6 Å². The van der Waals surface area contributed by atoms with Crippen LogP contribution in [-0.4, -0.2) is 33.9 Å². The number of amides is 1. The third-order valence-corrected chi connectivity index (χ3v) is 2.64. The third kappa shape index (κ3) is 3.67. The van der Waals surface area contributed by atoms with Crippen molar-refractivity contribution in [3.63, 3.8) is 0 Å². The molecule has 1 aromatic heterocycles. The molecule has 6 heteroatoms. The minimum absolute atomic E-state index is 0.108. The first-order chi connectivity index (χ1) is 7.91. The molecule has 1 aromatic rings. The Bertz CT molecular complexity index is 484. The molecule has 0 aromatic carbocycles. The van der Waals surface area contributed by atoms with E-state index in [0.29, 0.717) is 11.4 Å². The second kappa shape index (κ2) is 5.58. The van der Waals surface area contributed by atoms with Crippen LogP contribution in [0.5, 0.6) is 0 Å². The SMILES string of the molecule is CC(CC(N)=S)N(C)C(=O)c1cccc(=O)[nH]1. The number of pyridine rings is 1. The summed E-state index contributed by atoms with van der Waals surface area (Å²) in [6, 6.07) is 4.35. The predicted octanol–water partition coefficient (Wildman–Crippen LogP) is 0.512. The summed E-state index contributed by atoms with van der Waals surface area (Å²) in [7, 11) is 1.65. The number of carbonyl (C=O) groups is 1. The maximum atomic E-state index is 12.0. The Morgan fingerprint density at radius 1 is 1.59 bits per heavy atom. The molecule has 1 atom stereocenters. The smallest absolute Gasteiger partial charge is 0.270 e. The molecule has 92 valence electrons. The van der Waals surface area contributed by atoms with Gasteiger partial charge in [0.25, 0.3) is 5.91 Å². The van der Waals surface area contributed by atoms with Gasteiger partial charge in [-0.3, -0.25) is 9.59 Å². The van der Waals surface area contributed by atoms with Crippen LogP contribution in [0, 0.1) is 0 Å². The van der Waals surface area contributed by atoms with E-state index < -0.39 is 0 Å². The molecule has 5 nitrogen and oxygen atoms in total. The molecule has 0 aliphatic heterocycles. The van der Waals surface area contributed by atoms with Crippen LogP contribution in [0.15, 0.2) is 23.0 Å². The van der Waals surface area contributed by atoms with Gasteiger partial charge in [0.2, 0.25) is 5.56 Å². The molecule has 1 amide bonds. The normalized spacial score (nSPS) is 11.9. The van der Waals surface area contributed by atoms with Gasteiger partial charge in [-0.05, 0) is 13.0 Å². The van der Waals surface area contributed by atoms with Gasteiger partial charge in [0.1, 0.15) is 5.69 Å². The Hall–Kier alpha value is -1.69. The maximum absolute atomic E-state index is 12.0. The predicted molar refractivity (Wildman–Crippen MR) is 70.0 cm³/mol. The van der Waals surface area contributed by atoms with Crippen molar-refractivity contribution >= 4 is 23.1 Å². The average molecular weight is 253 g/mol. The van der Waals surface area contributed by atoms with Crippen LogP contribution in [-0.2, 0) is 0 Å². The van der Waals surface area contributed by atoms with Crippen LogP contribution in [0.2, 0.25) is 0 Å². The maximum Gasteiger partial charge on any atom is 0.270 e. The number of H-pyrrole nitrogens is 1. The van der Waals surface area contributed by atoms with E-state index in [-0.39, 0.29) is 23.2 Å². The van der Waals surface area contributed by atoms with Crippen molar-refractivity contribution in [3.8, 4) is 0 Å². The van der Waals surface area contributed by atoms with Crippen molar-refractivity contribution in [2.75, 3.05) is 7.05 Å². The number of aromatic amines is 1. The van der Waals surface area contributed by atoms with Gasteiger partial charge in [-0.15, -0.1) is 0 Å². The number of rotatable bonds is 4. The molecule has 3 N–H and O–H groups in total. The number of nitrogens with one attached hydrogen (secondary N) is 1. The first-order valence-corrected chi connectivity index (χ1v) is 5.57. The van der Waals surface area contributed by atoms with E-state index in [1.165, 1.54) is 17.0 Å². The van der Waals surface area contributed by atoms with Crippen molar-refractivity contribution in [3.05, 3.63) is 34.2 Å². The van der Waals surface area contributed by atoms with Crippen LogP contribution >= 0.6 is 12.2 Å². The third-order valence-electron chi connectivity index (χ3n) is 2.48. The first kappa shape index (κ1) is 13.4. The summed E-state index contributed by atoms with van der Waals surface area (Å²) in [5.74, 6) is -0.258. The molecule has 0 radical (unpaired) electrons. The molecule has 0 saturated heterocycles. The van der Waals surface area contributed by atoms with Crippen LogP contribution < -0.4 is 11.3 Å². The molecule has 1 rings (SSSR count). The highest BCUT2D eigenvalue weighted by Gasteiger charge is 2.18. The lowest BCUT2D eigenvalue weighted by atomic mass is 10.2. The number of carbonyl (C=O) groups excluding carboxylic acids is 1. The number of nitrogens with two attached hydrogens (primary N) is 1. The lowest BCUT2D eigenvalue weighted by Crippen LogP contribution is -2.38. The standard InChI is InChI=1S/C11H15N3O2S/c1-7(6-9(12)17)14(2)11(16)8-4-3-5-10(15)13-8/h3-5,7H,6H2,1-2H3,(H2,12,17)(H,13,15). The van der Waals surface area contributed by atoms with E-state index >= 15 is 0 Å². The molecule has 0 spiro atoms. The minimum atomic E-state index is -0.300. The van der Waals surface area contributed by atoms with Crippen molar-refractivity contribution in [2.24, 2.45) is 5.73 Å². The molecule has 1 heterocycles. The Morgan fingerprint density at radius 2 is 2.24 bits per heavy atom. The molecule has 0 fully saturated rings. The summed E-state index contributed by atoms with van der Waals surface area (Å²) in [6.45, 7) is 1.85. The van der Waals surface area contributed by atoms with Crippen LogP contribution in [0.25, 0.3) is 0 Å². The highest BCUT2D eigenvalue weighted by Crippen LogP contribution is 2.06. The molecule has 0 saturated carbocycles. The number of nitrogens with zero attached hydrogens (tertiary/aromatic N) is 1. The zero-order valence-electron chi connectivity index (χ0n) is 9.77.